The van der Waals surface area contributed by atoms with Crippen LogP contribution < -0.4 is 10.1 Å². The van der Waals surface area contributed by atoms with E-state index in [0.717, 1.165) is 31.7 Å². The average molecular weight is 287 g/mol. The second-order valence-electron chi connectivity index (χ2n) is 5.29. The first-order valence-corrected chi connectivity index (χ1v) is 8.26. The van der Waals surface area contributed by atoms with E-state index in [0.29, 0.717) is 0 Å². The summed E-state index contributed by atoms with van der Waals surface area (Å²) in [6, 6.07) is 6.80. The molecule has 1 aromatic heterocycles. The van der Waals surface area contributed by atoms with Crippen LogP contribution in [0, 0.1) is 6.92 Å². The summed E-state index contributed by atoms with van der Waals surface area (Å²) in [6.07, 6.45) is 2.25. The first kappa shape index (κ1) is 13.7. The van der Waals surface area contributed by atoms with E-state index in [-0.39, 0.29) is 6.04 Å². The summed E-state index contributed by atoms with van der Waals surface area (Å²) in [5.41, 5.74) is 5.36. The van der Waals surface area contributed by atoms with Gasteiger partial charge in [0.15, 0.2) is 0 Å². The third-order valence-corrected chi connectivity index (χ3v) is 4.77. The van der Waals surface area contributed by atoms with Gasteiger partial charge in [0.05, 0.1) is 12.6 Å². The van der Waals surface area contributed by atoms with E-state index >= 15 is 0 Å². The number of thiophene rings is 1. The molecule has 0 fully saturated rings. The zero-order valence-electron chi connectivity index (χ0n) is 12.1. The predicted octanol–water partition coefficient (Wildman–Crippen LogP) is 4.08. The smallest absolute Gasteiger partial charge is 0.127 e. The average Bonchev–Trinajstić information content (AvgIpc) is 2.90. The van der Waals surface area contributed by atoms with Gasteiger partial charge in [-0.25, -0.2) is 0 Å². The highest BCUT2D eigenvalue weighted by atomic mass is 32.1. The Morgan fingerprint density at radius 1 is 1.30 bits per heavy atom. The standard InChI is InChI=1S/C17H21NOS/c1-3-18-16(15-11-20-10-12(15)2)14-8-4-6-13-7-5-9-19-17(13)14/h4,6,8,10-11,16,18H,3,5,7,9H2,1-2H3. The van der Waals surface area contributed by atoms with E-state index in [4.69, 9.17) is 4.74 Å². The van der Waals surface area contributed by atoms with Crippen molar-refractivity contribution in [3.63, 3.8) is 0 Å². The molecule has 0 aliphatic carbocycles. The third-order valence-electron chi connectivity index (χ3n) is 3.89. The molecule has 1 aliphatic rings. The largest absolute Gasteiger partial charge is 0.493 e. The Morgan fingerprint density at radius 2 is 2.20 bits per heavy atom. The molecule has 1 atom stereocenters. The fourth-order valence-corrected chi connectivity index (χ4v) is 3.78. The van der Waals surface area contributed by atoms with Crippen molar-refractivity contribution in [3.8, 4) is 5.75 Å². The molecule has 0 spiro atoms. The van der Waals surface area contributed by atoms with E-state index in [9.17, 15) is 0 Å². The summed E-state index contributed by atoms with van der Waals surface area (Å²) >= 11 is 1.77. The number of para-hydroxylation sites is 1. The quantitative estimate of drug-likeness (QED) is 0.915. The molecule has 2 heterocycles. The van der Waals surface area contributed by atoms with Crippen LogP contribution in [0.25, 0.3) is 0 Å². The molecule has 1 N–H and O–H groups in total. The van der Waals surface area contributed by atoms with E-state index < -0.39 is 0 Å². The van der Waals surface area contributed by atoms with E-state index in [2.05, 4.69) is 48.1 Å². The van der Waals surface area contributed by atoms with Gasteiger partial charge in [-0.05, 0) is 53.8 Å². The number of rotatable bonds is 4. The maximum absolute atomic E-state index is 5.98. The van der Waals surface area contributed by atoms with Crippen LogP contribution in [0.3, 0.4) is 0 Å². The van der Waals surface area contributed by atoms with Crippen molar-refractivity contribution in [1.29, 1.82) is 0 Å². The van der Waals surface area contributed by atoms with Crippen molar-refractivity contribution >= 4 is 11.3 Å². The fourth-order valence-electron chi connectivity index (χ4n) is 2.90. The van der Waals surface area contributed by atoms with Crippen LogP contribution in [0.2, 0.25) is 0 Å². The minimum absolute atomic E-state index is 0.235. The van der Waals surface area contributed by atoms with Crippen LogP contribution in [-0.2, 0) is 6.42 Å². The van der Waals surface area contributed by atoms with Gasteiger partial charge in [-0.15, -0.1) is 0 Å². The molecule has 106 valence electrons. The predicted molar refractivity (Wildman–Crippen MR) is 84.8 cm³/mol. The molecule has 1 aliphatic heterocycles. The minimum Gasteiger partial charge on any atom is -0.493 e. The Kier molecular flexibility index (Phi) is 4.08. The van der Waals surface area contributed by atoms with E-state index in [1.54, 1.807) is 11.3 Å². The first-order chi connectivity index (χ1) is 9.81. The minimum atomic E-state index is 0.235. The molecule has 3 heteroatoms. The second kappa shape index (κ2) is 5.98. The molecule has 0 amide bonds. The van der Waals surface area contributed by atoms with Crippen molar-refractivity contribution in [1.82, 2.24) is 5.32 Å². The van der Waals surface area contributed by atoms with Crippen LogP contribution in [0.4, 0.5) is 0 Å². The topological polar surface area (TPSA) is 21.3 Å². The molecule has 0 bridgehead atoms. The number of nitrogens with one attached hydrogen (secondary N) is 1. The van der Waals surface area contributed by atoms with Gasteiger partial charge >= 0.3 is 0 Å². The number of hydrogen-bond acceptors (Lipinski definition) is 3. The molecular weight excluding hydrogens is 266 g/mol. The van der Waals surface area contributed by atoms with Crippen LogP contribution >= 0.6 is 11.3 Å². The highest BCUT2D eigenvalue weighted by molar-refractivity contribution is 7.08. The Balaban J connectivity index is 2.06. The third kappa shape index (κ3) is 2.48. The second-order valence-corrected chi connectivity index (χ2v) is 6.03. The number of aryl methyl sites for hydroxylation is 2. The molecule has 0 radical (unpaired) electrons. The van der Waals surface area contributed by atoms with Crippen LogP contribution in [0.15, 0.2) is 29.0 Å². The van der Waals surface area contributed by atoms with Crippen molar-refractivity contribution in [2.45, 2.75) is 32.7 Å². The highest BCUT2D eigenvalue weighted by Gasteiger charge is 2.23. The molecular formula is C17H21NOS. The summed E-state index contributed by atoms with van der Waals surface area (Å²) in [4.78, 5) is 0. The molecule has 0 saturated carbocycles. The lowest BCUT2D eigenvalue weighted by atomic mass is 9.93. The lowest BCUT2D eigenvalue weighted by Gasteiger charge is -2.26. The van der Waals surface area contributed by atoms with Gasteiger partial charge < -0.3 is 10.1 Å². The van der Waals surface area contributed by atoms with Gasteiger partial charge in [-0.1, -0.05) is 25.1 Å². The number of hydrogen-bond donors (Lipinski definition) is 1. The van der Waals surface area contributed by atoms with Crippen LogP contribution in [-0.4, -0.2) is 13.2 Å². The van der Waals surface area contributed by atoms with Gasteiger partial charge in [0, 0.05) is 5.56 Å². The van der Waals surface area contributed by atoms with Gasteiger partial charge in [-0.2, -0.15) is 11.3 Å². The summed E-state index contributed by atoms with van der Waals surface area (Å²) in [5.74, 6) is 1.11. The zero-order valence-corrected chi connectivity index (χ0v) is 12.9. The lowest BCUT2D eigenvalue weighted by Crippen LogP contribution is -2.24. The van der Waals surface area contributed by atoms with Crippen molar-refractivity contribution in [3.05, 3.63) is 51.2 Å². The summed E-state index contributed by atoms with van der Waals surface area (Å²) in [6.45, 7) is 6.13. The van der Waals surface area contributed by atoms with Crippen LogP contribution in [0.5, 0.6) is 5.75 Å². The summed E-state index contributed by atoms with van der Waals surface area (Å²) in [5, 5.41) is 8.09. The maximum atomic E-state index is 5.98. The number of ether oxygens (including phenoxy) is 1. The van der Waals surface area contributed by atoms with Crippen LogP contribution in [0.1, 0.15) is 41.6 Å². The van der Waals surface area contributed by atoms with Gasteiger partial charge in [0.1, 0.15) is 5.75 Å². The summed E-state index contributed by atoms with van der Waals surface area (Å²) < 4.78 is 5.98. The maximum Gasteiger partial charge on any atom is 0.127 e. The molecule has 1 unspecified atom stereocenters. The van der Waals surface area contributed by atoms with Crippen molar-refractivity contribution in [2.75, 3.05) is 13.2 Å². The van der Waals surface area contributed by atoms with Gasteiger partial charge in [0.2, 0.25) is 0 Å². The highest BCUT2D eigenvalue weighted by Crippen LogP contribution is 2.37. The van der Waals surface area contributed by atoms with Crippen molar-refractivity contribution in [2.24, 2.45) is 0 Å². The normalized spacial score (nSPS) is 15.5. The first-order valence-electron chi connectivity index (χ1n) is 7.32. The lowest BCUT2D eigenvalue weighted by molar-refractivity contribution is 0.283. The van der Waals surface area contributed by atoms with E-state index in [1.165, 1.54) is 22.3 Å². The summed E-state index contributed by atoms with van der Waals surface area (Å²) in [7, 11) is 0. The SMILES string of the molecule is CCNC(c1cscc1C)c1cccc2c1OCCC2. The molecule has 2 nitrogen and oxygen atoms in total. The van der Waals surface area contributed by atoms with E-state index in [1.807, 2.05) is 0 Å². The molecule has 3 rings (SSSR count). The fraction of sp³-hybridized carbons (Fsp3) is 0.412. The molecule has 1 aromatic carbocycles. The van der Waals surface area contributed by atoms with Gasteiger partial charge in [-0.3, -0.25) is 0 Å². The molecule has 2 aromatic rings. The number of benzene rings is 1. The Bertz CT molecular complexity index is 590. The Morgan fingerprint density at radius 3 is 2.95 bits per heavy atom. The Labute approximate surface area is 124 Å². The van der Waals surface area contributed by atoms with Crippen molar-refractivity contribution < 1.29 is 4.74 Å². The monoisotopic (exact) mass is 287 g/mol. The zero-order chi connectivity index (χ0) is 13.9. The molecule has 20 heavy (non-hydrogen) atoms. The van der Waals surface area contributed by atoms with Gasteiger partial charge in [0.25, 0.3) is 0 Å². The number of fused-ring (bicyclic) bond motifs is 1. The Hall–Kier alpha value is -1.32. The molecule has 0 saturated heterocycles.